The van der Waals surface area contributed by atoms with E-state index in [2.05, 4.69) is 17.2 Å². The molecule has 7 heteroatoms. The van der Waals surface area contributed by atoms with E-state index in [1.165, 1.54) is 12.1 Å². The third-order valence-corrected chi connectivity index (χ3v) is 6.06. The van der Waals surface area contributed by atoms with Gasteiger partial charge >= 0.3 is 6.18 Å². The number of nitrogens with one attached hydrogen (secondary N) is 2. The number of halogens is 4. The van der Waals surface area contributed by atoms with Gasteiger partial charge in [0.05, 0.1) is 23.7 Å². The largest absolute Gasteiger partial charge is 0.495 e. The Morgan fingerprint density at radius 3 is 2.26 bits per heavy atom. The first kappa shape index (κ1) is 25.7. The number of alkyl halides is 3. The summed E-state index contributed by atoms with van der Waals surface area (Å²) in [5, 5.41) is 7.32. The van der Waals surface area contributed by atoms with Gasteiger partial charge in [0.2, 0.25) is 0 Å². The molecular weight excluding hydrogens is 461 g/mol. The van der Waals surface area contributed by atoms with Crippen molar-refractivity contribution in [1.82, 2.24) is 10.6 Å². The van der Waals surface area contributed by atoms with E-state index in [-0.39, 0.29) is 12.1 Å². The quantitative estimate of drug-likeness (QED) is 0.319. The zero-order valence-electron chi connectivity index (χ0n) is 19.1. The van der Waals surface area contributed by atoms with Crippen molar-refractivity contribution in [3.05, 3.63) is 112 Å². The standard InChI is InChI=1S/C27H28ClF3N2O/c1-18(32-2)26(20-7-5-4-6-8-20)33-24(21-12-15-23(28)25(17-21)34-3)16-11-19-9-13-22(14-10-19)27(29,30)31/h4-10,12-15,17,24,26,32-33H,1,11,16H2,2-3H3/t24-,26+/m1/s1. The van der Waals surface area contributed by atoms with Crippen LogP contribution < -0.4 is 15.4 Å². The number of ether oxygens (including phenoxy) is 1. The molecule has 180 valence electrons. The molecule has 3 nitrogen and oxygen atoms in total. The highest BCUT2D eigenvalue weighted by Crippen LogP contribution is 2.33. The van der Waals surface area contributed by atoms with Gasteiger partial charge in [-0.2, -0.15) is 13.2 Å². The van der Waals surface area contributed by atoms with E-state index < -0.39 is 11.7 Å². The Balaban J connectivity index is 1.89. The van der Waals surface area contributed by atoms with E-state index in [1.807, 2.05) is 49.5 Å². The van der Waals surface area contributed by atoms with Crippen LogP contribution in [0.4, 0.5) is 13.2 Å². The minimum Gasteiger partial charge on any atom is -0.495 e. The molecule has 34 heavy (non-hydrogen) atoms. The first-order valence-electron chi connectivity index (χ1n) is 10.9. The molecule has 0 aliphatic heterocycles. The average Bonchev–Trinajstić information content (AvgIpc) is 2.84. The summed E-state index contributed by atoms with van der Waals surface area (Å²) in [4.78, 5) is 0. The molecule has 0 bridgehead atoms. The Hall–Kier alpha value is -2.96. The van der Waals surface area contributed by atoms with Gasteiger partial charge in [0.15, 0.2) is 0 Å². The minimum atomic E-state index is -4.35. The van der Waals surface area contributed by atoms with Gasteiger partial charge in [-0.25, -0.2) is 0 Å². The lowest BCUT2D eigenvalue weighted by atomic mass is 9.95. The van der Waals surface area contributed by atoms with Crippen molar-refractivity contribution in [2.75, 3.05) is 14.2 Å². The Morgan fingerprint density at radius 2 is 1.68 bits per heavy atom. The van der Waals surface area contributed by atoms with Crippen molar-refractivity contribution < 1.29 is 17.9 Å². The molecule has 3 rings (SSSR count). The lowest BCUT2D eigenvalue weighted by Gasteiger charge is -2.28. The number of likely N-dealkylation sites (N-methyl/N-ethyl adjacent to an activating group) is 1. The molecule has 0 unspecified atom stereocenters. The third kappa shape index (κ3) is 6.55. The van der Waals surface area contributed by atoms with Crippen LogP contribution in [0.2, 0.25) is 5.02 Å². The van der Waals surface area contributed by atoms with E-state index in [4.69, 9.17) is 16.3 Å². The van der Waals surface area contributed by atoms with Gasteiger partial charge < -0.3 is 10.1 Å². The van der Waals surface area contributed by atoms with E-state index in [0.29, 0.717) is 23.6 Å². The summed E-state index contributed by atoms with van der Waals surface area (Å²) in [7, 11) is 3.38. The fourth-order valence-electron chi connectivity index (χ4n) is 3.80. The van der Waals surface area contributed by atoms with Crippen LogP contribution in [-0.4, -0.2) is 14.2 Å². The van der Waals surface area contributed by atoms with Crippen LogP contribution in [0.15, 0.2) is 85.1 Å². The van der Waals surface area contributed by atoms with Gasteiger partial charge in [-0.1, -0.05) is 66.7 Å². The Bertz CT molecular complexity index is 1090. The maximum absolute atomic E-state index is 12.9. The maximum Gasteiger partial charge on any atom is 0.416 e. The molecule has 0 aliphatic carbocycles. The molecule has 0 radical (unpaired) electrons. The van der Waals surface area contributed by atoms with Gasteiger partial charge in [0, 0.05) is 18.8 Å². The first-order valence-corrected chi connectivity index (χ1v) is 11.3. The topological polar surface area (TPSA) is 33.3 Å². The Morgan fingerprint density at radius 1 is 1.00 bits per heavy atom. The van der Waals surface area contributed by atoms with Crippen LogP contribution in [-0.2, 0) is 12.6 Å². The van der Waals surface area contributed by atoms with Crippen LogP contribution in [0, 0.1) is 0 Å². The van der Waals surface area contributed by atoms with Crippen molar-refractivity contribution in [1.29, 1.82) is 0 Å². The first-order chi connectivity index (χ1) is 16.2. The zero-order valence-corrected chi connectivity index (χ0v) is 19.9. The number of aryl methyl sites for hydroxylation is 1. The third-order valence-electron chi connectivity index (χ3n) is 5.75. The lowest BCUT2D eigenvalue weighted by molar-refractivity contribution is -0.137. The van der Waals surface area contributed by atoms with E-state index >= 15 is 0 Å². The van der Waals surface area contributed by atoms with Crippen LogP contribution in [0.25, 0.3) is 0 Å². The van der Waals surface area contributed by atoms with E-state index in [1.54, 1.807) is 13.2 Å². The molecule has 3 aromatic carbocycles. The molecule has 3 aromatic rings. The van der Waals surface area contributed by atoms with E-state index in [0.717, 1.165) is 34.5 Å². The predicted molar refractivity (Wildman–Crippen MR) is 131 cm³/mol. The molecule has 0 aromatic heterocycles. The molecule has 0 saturated heterocycles. The fourth-order valence-corrected chi connectivity index (χ4v) is 3.99. The number of hydrogen-bond donors (Lipinski definition) is 2. The van der Waals surface area contributed by atoms with Crippen LogP contribution in [0.3, 0.4) is 0 Å². The van der Waals surface area contributed by atoms with Gasteiger partial charge in [-0.15, -0.1) is 0 Å². The SMILES string of the molecule is C=C(NC)[C@H](N[C@H](CCc1ccc(C(F)(F)F)cc1)c1ccc(Cl)c(OC)c1)c1ccccc1. The lowest BCUT2D eigenvalue weighted by Crippen LogP contribution is -2.31. The van der Waals surface area contributed by atoms with Crippen molar-refractivity contribution in [3.63, 3.8) is 0 Å². The van der Waals surface area contributed by atoms with Gasteiger partial charge in [0.1, 0.15) is 5.75 Å². The molecular formula is C27H28ClF3N2O. The summed E-state index contributed by atoms with van der Waals surface area (Å²) in [6.45, 7) is 4.17. The fraction of sp³-hybridized carbons (Fsp3) is 0.259. The summed E-state index contributed by atoms with van der Waals surface area (Å²) in [6, 6.07) is 20.5. The van der Waals surface area contributed by atoms with Crippen molar-refractivity contribution >= 4 is 11.6 Å². The van der Waals surface area contributed by atoms with Gasteiger partial charge in [0.25, 0.3) is 0 Å². The molecule has 0 aliphatic rings. The summed E-state index contributed by atoms with van der Waals surface area (Å²) in [6.07, 6.45) is -3.14. The van der Waals surface area contributed by atoms with Crippen LogP contribution in [0.5, 0.6) is 5.75 Å². The summed E-state index contributed by atoms with van der Waals surface area (Å²) < 4.78 is 44.2. The van der Waals surface area contributed by atoms with Crippen molar-refractivity contribution in [2.24, 2.45) is 0 Å². The summed E-state index contributed by atoms with van der Waals surface area (Å²) in [5.41, 5.74) is 2.97. The second-order valence-corrected chi connectivity index (χ2v) is 8.37. The van der Waals surface area contributed by atoms with Crippen molar-refractivity contribution in [3.8, 4) is 5.75 Å². The predicted octanol–water partition coefficient (Wildman–Crippen LogP) is 7.11. The van der Waals surface area contributed by atoms with Crippen LogP contribution >= 0.6 is 11.6 Å². The molecule has 2 N–H and O–H groups in total. The monoisotopic (exact) mass is 488 g/mol. The molecule has 0 heterocycles. The summed E-state index contributed by atoms with van der Waals surface area (Å²) in [5.74, 6) is 0.559. The van der Waals surface area contributed by atoms with Crippen molar-refractivity contribution in [2.45, 2.75) is 31.1 Å². The molecule has 0 spiro atoms. The normalized spacial score (nSPS) is 13.2. The van der Waals surface area contributed by atoms with Crippen LogP contribution in [0.1, 0.15) is 40.8 Å². The average molecular weight is 489 g/mol. The number of rotatable bonds is 10. The van der Waals surface area contributed by atoms with Gasteiger partial charge in [-0.05, 0) is 53.8 Å². The highest BCUT2D eigenvalue weighted by Gasteiger charge is 2.30. The minimum absolute atomic E-state index is 0.149. The molecule has 0 saturated carbocycles. The number of benzene rings is 3. The Labute approximate surface area is 203 Å². The van der Waals surface area contributed by atoms with E-state index in [9.17, 15) is 13.2 Å². The number of methoxy groups -OCH3 is 1. The zero-order chi connectivity index (χ0) is 24.7. The maximum atomic E-state index is 12.9. The second-order valence-electron chi connectivity index (χ2n) is 7.97. The molecule has 0 amide bonds. The highest BCUT2D eigenvalue weighted by atomic mass is 35.5. The van der Waals surface area contributed by atoms with Gasteiger partial charge in [-0.3, -0.25) is 5.32 Å². The number of hydrogen-bond acceptors (Lipinski definition) is 3. The second kappa shape index (κ2) is 11.4. The Kier molecular flexibility index (Phi) is 8.64. The molecule has 2 atom stereocenters. The molecule has 0 fully saturated rings. The summed E-state index contributed by atoms with van der Waals surface area (Å²) >= 11 is 6.24. The highest BCUT2D eigenvalue weighted by molar-refractivity contribution is 6.32. The smallest absolute Gasteiger partial charge is 0.416 e.